The molecule has 0 aromatic rings. The van der Waals surface area contributed by atoms with Crippen LogP contribution in [0.2, 0.25) is 0 Å². The van der Waals surface area contributed by atoms with Crippen LogP contribution in [-0.4, -0.2) is 22.3 Å². The third-order valence-electron chi connectivity index (χ3n) is 6.30. The fraction of sp³-hybridized carbons (Fsp3) is 0.938. The maximum Gasteiger partial charge on any atom is 0.309 e. The molecule has 0 aromatic heterocycles. The van der Waals surface area contributed by atoms with E-state index >= 15 is 0 Å². The number of hydrogen-bond acceptors (Lipinski definition) is 2. The van der Waals surface area contributed by atoms with E-state index in [0.717, 1.165) is 38.5 Å². The summed E-state index contributed by atoms with van der Waals surface area (Å²) >= 11 is 0. The summed E-state index contributed by atoms with van der Waals surface area (Å²) in [5.74, 6) is 1.41. The lowest BCUT2D eigenvalue weighted by Crippen LogP contribution is -2.46. The number of carbonyl (C=O) groups is 1. The highest BCUT2D eigenvalue weighted by Crippen LogP contribution is 2.51. The number of aliphatic hydroxyl groups is 1. The second-order valence-corrected chi connectivity index (χ2v) is 7.14. The monoisotopic (exact) mass is 268 g/mol. The predicted molar refractivity (Wildman–Crippen MR) is 74.8 cm³/mol. The number of carboxylic acid groups (broad SMARTS) is 1. The zero-order chi connectivity index (χ0) is 14.2. The second kappa shape index (κ2) is 5.43. The molecule has 3 nitrogen and oxygen atoms in total. The molecule has 2 N–H and O–H groups in total. The van der Waals surface area contributed by atoms with E-state index in [4.69, 9.17) is 0 Å². The molecule has 2 fully saturated rings. The van der Waals surface area contributed by atoms with Crippen molar-refractivity contribution in [3.8, 4) is 0 Å². The average Bonchev–Trinajstić information content (AvgIpc) is 2.37. The van der Waals surface area contributed by atoms with Gasteiger partial charge in [0.2, 0.25) is 0 Å². The van der Waals surface area contributed by atoms with Crippen molar-refractivity contribution in [2.45, 2.75) is 65.4 Å². The Balaban J connectivity index is 2.05. The molecule has 3 heteroatoms. The van der Waals surface area contributed by atoms with Crippen LogP contribution in [-0.2, 0) is 4.79 Å². The van der Waals surface area contributed by atoms with Crippen LogP contribution in [0.5, 0.6) is 0 Å². The molecule has 4 atom stereocenters. The van der Waals surface area contributed by atoms with Crippen LogP contribution in [0.1, 0.15) is 59.3 Å². The van der Waals surface area contributed by atoms with Gasteiger partial charge in [-0.05, 0) is 69.1 Å². The standard InChI is InChI=1S/C16H28O3/c1-10-11(2)16(3,15(18)19)9-8-14(10)12-4-6-13(17)7-5-12/h10-14,17H,4-9H2,1-3H3,(H,18,19)/t10-,11+,12?,13?,14?,16-/m0/s1. The van der Waals surface area contributed by atoms with Gasteiger partial charge in [0, 0.05) is 0 Å². The molecule has 2 saturated carbocycles. The van der Waals surface area contributed by atoms with Crippen molar-refractivity contribution in [2.75, 3.05) is 0 Å². The molecule has 1 unspecified atom stereocenters. The number of aliphatic carboxylic acids is 1. The zero-order valence-corrected chi connectivity index (χ0v) is 12.4. The van der Waals surface area contributed by atoms with Gasteiger partial charge < -0.3 is 10.2 Å². The van der Waals surface area contributed by atoms with E-state index in [1.165, 1.54) is 0 Å². The lowest BCUT2D eigenvalue weighted by Gasteiger charge is -2.48. The van der Waals surface area contributed by atoms with E-state index in [1.807, 2.05) is 6.92 Å². The normalized spacial score (nSPS) is 47.9. The average molecular weight is 268 g/mol. The van der Waals surface area contributed by atoms with Crippen LogP contribution in [0.15, 0.2) is 0 Å². The zero-order valence-electron chi connectivity index (χ0n) is 12.4. The van der Waals surface area contributed by atoms with E-state index in [9.17, 15) is 15.0 Å². The van der Waals surface area contributed by atoms with Crippen molar-refractivity contribution in [3.05, 3.63) is 0 Å². The molecular formula is C16H28O3. The molecule has 0 heterocycles. The van der Waals surface area contributed by atoms with Gasteiger partial charge in [-0.2, -0.15) is 0 Å². The van der Waals surface area contributed by atoms with Crippen molar-refractivity contribution in [3.63, 3.8) is 0 Å². The topological polar surface area (TPSA) is 57.5 Å². The lowest BCUT2D eigenvalue weighted by molar-refractivity contribution is -0.157. The lowest BCUT2D eigenvalue weighted by atomic mass is 9.56. The van der Waals surface area contributed by atoms with E-state index in [0.29, 0.717) is 17.8 Å². The highest BCUT2D eigenvalue weighted by Gasteiger charge is 2.48. The summed E-state index contributed by atoms with van der Waals surface area (Å²) < 4.78 is 0. The Morgan fingerprint density at radius 2 is 1.68 bits per heavy atom. The largest absolute Gasteiger partial charge is 0.481 e. The highest BCUT2D eigenvalue weighted by molar-refractivity contribution is 5.74. The van der Waals surface area contributed by atoms with Gasteiger partial charge in [-0.1, -0.05) is 13.8 Å². The van der Waals surface area contributed by atoms with Gasteiger partial charge in [0.05, 0.1) is 11.5 Å². The fourth-order valence-electron chi connectivity index (χ4n) is 4.40. The van der Waals surface area contributed by atoms with Gasteiger partial charge in [-0.3, -0.25) is 4.79 Å². The minimum atomic E-state index is -0.635. The Morgan fingerprint density at radius 1 is 1.11 bits per heavy atom. The van der Waals surface area contributed by atoms with Gasteiger partial charge in [0.25, 0.3) is 0 Å². The Morgan fingerprint density at radius 3 is 2.21 bits per heavy atom. The summed E-state index contributed by atoms with van der Waals surface area (Å²) in [6.07, 6.45) is 5.83. The molecule has 0 aromatic carbocycles. The quantitative estimate of drug-likeness (QED) is 0.807. The summed E-state index contributed by atoms with van der Waals surface area (Å²) in [4.78, 5) is 11.5. The molecule has 2 rings (SSSR count). The van der Waals surface area contributed by atoms with Gasteiger partial charge in [0.1, 0.15) is 0 Å². The van der Waals surface area contributed by atoms with Crippen molar-refractivity contribution in [1.29, 1.82) is 0 Å². The SMILES string of the molecule is C[C@@H]1C(C2CCC(O)CC2)CC[C@](C)(C(=O)O)[C@@H]1C. The first-order valence-electron chi connectivity index (χ1n) is 7.77. The minimum absolute atomic E-state index is 0.100. The van der Waals surface area contributed by atoms with Crippen molar-refractivity contribution in [2.24, 2.45) is 29.1 Å². The van der Waals surface area contributed by atoms with E-state index in [-0.39, 0.29) is 12.0 Å². The molecule has 2 aliphatic rings. The summed E-state index contributed by atoms with van der Waals surface area (Å²) in [5.41, 5.74) is -0.551. The van der Waals surface area contributed by atoms with Gasteiger partial charge in [-0.15, -0.1) is 0 Å². The number of aliphatic hydroxyl groups excluding tert-OH is 1. The number of carboxylic acids is 1. The Hall–Kier alpha value is -0.570. The second-order valence-electron chi connectivity index (χ2n) is 7.14. The maximum absolute atomic E-state index is 11.5. The first-order chi connectivity index (χ1) is 8.86. The van der Waals surface area contributed by atoms with Gasteiger partial charge in [0.15, 0.2) is 0 Å². The fourth-order valence-corrected chi connectivity index (χ4v) is 4.40. The molecule has 110 valence electrons. The molecular weight excluding hydrogens is 240 g/mol. The Labute approximate surface area is 116 Å². The Kier molecular flexibility index (Phi) is 4.24. The van der Waals surface area contributed by atoms with Crippen molar-refractivity contribution in [1.82, 2.24) is 0 Å². The van der Waals surface area contributed by atoms with Crippen LogP contribution >= 0.6 is 0 Å². The van der Waals surface area contributed by atoms with Gasteiger partial charge in [-0.25, -0.2) is 0 Å². The summed E-state index contributed by atoms with van der Waals surface area (Å²) in [5, 5.41) is 19.1. The van der Waals surface area contributed by atoms with Crippen molar-refractivity contribution < 1.29 is 15.0 Å². The van der Waals surface area contributed by atoms with E-state index in [1.54, 1.807) is 0 Å². The van der Waals surface area contributed by atoms with Crippen LogP contribution in [0.3, 0.4) is 0 Å². The van der Waals surface area contributed by atoms with Crippen molar-refractivity contribution >= 4 is 5.97 Å². The Bertz CT molecular complexity index is 333. The van der Waals surface area contributed by atoms with Gasteiger partial charge >= 0.3 is 5.97 Å². The number of rotatable bonds is 2. The third-order valence-corrected chi connectivity index (χ3v) is 6.30. The molecule has 0 amide bonds. The molecule has 0 saturated heterocycles. The van der Waals surface area contributed by atoms with Crippen LogP contribution in [0.25, 0.3) is 0 Å². The molecule has 19 heavy (non-hydrogen) atoms. The third kappa shape index (κ3) is 2.67. The molecule has 0 radical (unpaired) electrons. The highest BCUT2D eigenvalue weighted by atomic mass is 16.4. The number of hydrogen-bond donors (Lipinski definition) is 2. The minimum Gasteiger partial charge on any atom is -0.481 e. The molecule has 2 aliphatic carbocycles. The summed E-state index contributed by atoms with van der Waals surface area (Å²) in [7, 11) is 0. The molecule has 0 bridgehead atoms. The predicted octanol–water partition coefficient (Wildman–Crippen LogP) is 3.31. The van der Waals surface area contributed by atoms with E-state index in [2.05, 4.69) is 13.8 Å². The molecule has 0 aliphatic heterocycles. The first-order valence-corrected chi connectivity index (χ1v) is 7.77. The maximum atomic E-state index is 11.5. The summed E-state index contributed by atoms with van der Waals surface area (Å²) in [6, 6.07) is 0. The van der Waals surface area contributed by atoms with Crippen LogP contribution in [0.4, 0.5) is 0 Å². The molecule has 0 spiro atoms. The smallest absolute Gasteiger partial charge is 0.309 e. The van der Waals surface area contributed by atoms with Crippen LogP contribution in [0, 0.1) is 29.1 Å². The van der Waals surface area contributed by atoms with Crippen LogP contribution < -0.4 is 0 Å². The van der Waals surface area contributed by atoms with E-state index < -0.39 is 11.4 Å². The summed E-state index contributed by atoms with van der Waals surface area (Å²) in [6.45, 7) is 6.26. The first kappa shape index (κ1) is 14.8.